The summed E-state index contributed by atoms with van der Waals surface area (Å²) < 4.78 is 0. The summed E-state index contributed by atoms with van der Waals surface area (Å²) in [6, 6.07) is 13.4. The van der Waals surface area contributed by atoms with Crippen LogP contribution in [0.5, 0.6) is 0 Å². The first kappa shape index (κ1) is 22.3. The van der Waals surface area contributed by atoms with E-state index in [9.17, 15) is 9.59 Å². The number of rotatable bonds is 8. The third-order valence-electron chi connectivity index (χ3n) is 4.44. The lowest BCUT2D eigenvalue weighted by Crippen LogP contribution is -2.22. The van der Waals surface area contributed by atoms with Crippen molar-refractivity contribution in [2.24, 2.45) is 0 Å². The Morgan fingerprint density at radius 2 is 1.83 bits per heavy atom. The number of amides is 2. The van der Waals surface area contributed by atoms with E-state index in [1.54, 1.807) is 6.07 Å². The average molecular weight is 462 g/mol. The van der Waals surface area contributed by atoms with Gasteiger partial charge in [0.25, 0.3) is 0 Å². The van der Waals surface area contributed by atoms with Crippen molar-refractivity contribution in [3.63, 3.8) is 0 Å². The average Bonchev–Trinajstić information content (AvgIpc) is 3.18. The van der Waals surface area contributed by atoms with Crippen molar-refractivity contribution in [2.75, 3.05) is 11.9 Å². The van der Waals surface area contributed by atoms with Gasteiger partial charge in [-0.15, -0.1) is 11.3 Å². The number of hydrogen-bond acceptors (Lipinski definition) is 4. The number of thiazole rings is 1. The topological polar surface area (TPSA) is 71.1 Å². The first-order chi connectivity index (χ1) is 14.4. The molecule has 0 unspecified atom stereocenters. The molecule has 0 aliphatic rings. The fraction of sp³-hybridized carbons (Fsp3) is 0.227. The Hall–Kier alpha value is -2.41. The number of aryl methyl sites for hydroxylation is 1. The monoisotopic (exact) mass is 461 g/mol. The minimum Gasteiger partial charge on any atom is -0.356 e. The van der Waals surface area contributed by atoms with Gasteiger partial charge in [-0.25, -0.2) is 4.98 Å². The second-order valence-electron chi connectivity index (χ2n) is 6.73. The van der Waals surface area contributed by atoms with Gasteiger partial charge in [0.05, 0.1) is 15.7 Å². The summed E-state index contributed by atoms with van der Waals surface area (Å²) >= 11 is 13.6. The molecule has 5 nitrogen and oxygen atoms in total. The first-order valence-corrected chi connectivity index (χ1v) is 11.1. The van der Waals surface area contributed by atoms with Crippen LogP contribution in [0.25, 0.3) is 11.3 Å². The smallest absolute Gasteiger partial charge is 0.226 e. The molecule has 3 rings (SSSR count). The number of carbonyl (C=O) groups excluding carboxylic acids is 2. The second kappa shape index (κ2) is 10.6. The van der Waals surface area contributed by atoms with Gasteiger partial charge in [-0.05, 0) is 30.0 Å². The Morgan fingerprint density at radius 3 is 2.57 bits per heavy atom. The van der Waals surface area contributed by atoms with Crippen LogP contribution in [0.3, 0.4) is 0 Å². The predicted octanol–water partition coefficient (Wildman–Crippen LogP) is 5.37. The minimum atomic E-state index is -0.125. The van der Waals surface area contributed by atoms with Crippen LogP contribution in [-0.4, -0.2) is 23.3 Å². The molecule has 30 heavy (non-hydrogen) atoms. The highest BCUT2D eigenvalue weighted by molar-refractivity contribution is 7.14. The lowest BCUT2D eigenvalue weighted by molar-refractivity contribution is -0.119. The SMILES string of the molecule is CC(=O)NCCc1ccc(-c2csc(NC(=O)CCc3cccc(Cl)c3Cl)n2)cc1. The molecule has 0 aliphatic carbocycles. The molecule has 0 atom stereocenters. The van der Waals surface area contributed by atoms with E-state index in [-0.39, 0.29) is 18.2 Å². The van der Waals surface area contributed by atoms with E-state index in [4.69, 9.17) is 23.2 Å². The van der Waals surface area contributed by atoms with Crippen molar-refractivity contribution in [1.82, 2.24) is 10.3 Å². The number of halogens is 2. The maximum Gasteiger partial charge on any atom is 0.226 e. The van der Waals surface area contributed by atoms with E-state index >= 15 is 0 Å². The maximum atomic E-state index is 12.3. The molecule has 0 bridgehead atoms. The van der Waals surface area contributed by atoms with Gasteiger partial charge in [0.1, 0.15) is 0 Å². The zero-order chi connectivity index (χ0) is 21.5. The Morgan fingerprint density at radius 1 is 1.07 bits per heavy atom. The van der Waals surface area contributed by atoms with Crippen molar-refractivity contribution in [3.8, 4) is 11.3 Å². The van der Waals surface area contributed by atoms with Crippen molar-refractivity contribution >= 4 is 51.5 Å². The largest absolute Gasteiger partial charge is 0.356 e. The zero-order valence-electron chi connectivity index (χ0n) is 16.4. The number of nitrogens with zero attached hydrogens (tertiary/aromatic N) is 1. The summed E-state index contributed by atoms with van der Waals surface area (Å²) in [7, 11) is 0. The molecule has 2 amide bonds. The lowest BCUT2D eigenvalue weighted by Gasteiger charge is -2.06. The third-order valence-corrected chi connectivity index (χ3v) is 6.06. The van der Waals surface area contributed by atoms with Gasteiger partial charge in [-0.2, -0.15) is 0 Å². The Bertz CT molecular complexity index is 1040. The predicted molar refractivity (Wildman–Crippen MR) is 123 cm³/mol. The Labute approximate surface area is 189 Å². The molecule has 0 spiro atoms. The molecule has 0 fully saturated rings. The first-order valence-electron chi connectivity index (χ1n) is 9.44. The number of hydrogen-bond donors (Lipinski definition) is 2. The Kier molecular flexibility index (Phi) is 7.85. The van der Waals surface area contributed by atoms with Crippen LogP contribution in [0.4, 0.5) is 5.13 Å². The van der Waals surface area contributed by atoms with Crippen LogP contribution in [0.15, 0.2) is 47.8 Å². The molecule has 156 valence electrons. The van der Waals surface area contributed by atoms with E-state index in [0.29, 0.717) is 28.1 Å². The fourth-order valence-electron chi connectivity index (χ4n) is 2.86. The molecule has 1 heterocycles. The van der Waals surface area contributed by atoms with Crippen molar-refractivity contribution in [3.05, 3.63) is 69.0 Å². The van der Waals surface area contributed by atoms with Gasteiger partial charge in [0, 0.05) is 30.8 Å². The highest BCUT2D eigenvalue weighted by Crippen LogP contribution is 2.27. The normalized spacial score (nSPS) is 10.6. The summed E-state index contributed by atoms with van der Waals surface area (Å²) in [4.78, 5) is 27.7. The van der Waals surface area contributed by atoms with Crippen LogP contribution in [0.1, 0.15) is 24.5 Å². The third kappa shape index (κ3) is 6.29. The molecule has 1 aromatic heterocycles. The van der Waals surface area contributed by atoms with Gasteiger partial charge in [0.15, 0.2) is 5.13 Å². The standard InChI is InChI=1S/C22H21Cl2N3O2S/c1-14(28)25-12-11-15-5-7-16(8-6-15)19-13-30-22(26-19)27-20(29)10-9-17-3-2-4-18(23)21(17)24/h2-8,13H,9-12H2,1H3,(H,25,28)(H,26,27,29). The molecule has 2 aromatic carbocycles. The zero-order valence-corrected chi connectivity index (χ0v) is 18.7. The van der Waals surface area contributed by atoms with Gasteiger partial charge in [0.2, 0.25) is 11.8 Å². The summed E-state index contributed by atoms with van der Waals surface area (Å²) in [5.74, 6) is -0.153. The molecular weight excluding hydrogens is 441 g/mol. The van der Waals surface area contributed by atoms with E-state index < -0.39 is 0 Å². The van der Waals surface area contributed by atoms with Crippen LogP contribution < -0.4 is 10.6 Å². The second-order valence-corrected chi connectivity index (χ2v) is 8.37. The number of carbonyl (C=O) groups is 2. The van der Waals surface area contributed by atoms with E-state index in [0.717, 1.165) is 28.8 Å². The Balaban J connectivity index is 1.53. The van der Waals surface area contributed by atoms with Crippen LogP contribution in [0, 0.1) is 0 Å². The van der Waals surface area contributed by atoms with Crippen molar-refractivity contribution in [1.29, 1.82) is 0 Å². The maximum absolute atomic E-state index is 12.3. The van der Waals surface area contributed by atoms with E-state index in [2.05, 4.69) is 15.6 Å². The van der Waals surface area contributed by atoms with Gasteiger partial charge in [-0.3, -0.25) is 9.59 Å². The number of anilines is 1. The summed E-state index contributed by atoms with van der Waals surface area (Å²) in [5.41, 5.74) is 3.76. The van der Waals surface area contributed by atoms with Crippen LogP contribution in [-0.2, 0) is 22.4 Å². The summed E-state index contributed by atoms with van der Waals surface area (Å²) in [6.45, 7) is 2.12. The molecule has 0 saturated heterocycles. The highest BCUT2D eigenvalue weighted by Gasteiger charge is 2.11. The molecule has 3 aromatic rings. The number of aromatic nitrogens is 1. The van der Waals surface area contributed by atoms with E-state index in [1.165, 1.54) is 18.3 Å². The lowest BCUT2D eigenvalue weighted by atomic mass is 10.1. The fourth-order valence-corrected chi connectivity index (χ4v) is 4.01. The molecule has 2 N–H and O–H groups in total. The summed E-state index contributed by atoms with van der Waals surface area (Å²) in [5, 5.41) is 9.07. The molecule has 8 heteroatoms. The minimum absolute atomic E-state index is 0.0284. The van der Waals surface area contributed by atoms with Gasteiger partial charge < -0.3 is 10.6 Å². The molecule has 0 radical (unpaired) electrons. The van der Waals surface area contributed by atoms with Crippen molar-refractivity contribution in [2.45, 2.75) is 26.2 Å². The quantitative estimate of drug-likeness (QED) is 0.473. The van der Waals surface area contributed by atoms with Crippen LogP contribution >= 0.6 is 34.5 Å². The number of nitrogens with one attached hydrogen (secondary N) is 2. The van der Waals surface area contributed by atoms with E-state index in [1.807, 2.05) is 41.8 Å². The molecule has 0 saturated carbocycles. The number of benzene rings is 2. The molecular formula is C22H21Cl2N3O2S. The van der Waals surface area contributed by atoms with Crippen LogP contribution in [0.2, 0.25) is 10.0 Å². The molecule has 0 aliphatic heterocycles. The highest BCUT2D eigenvalue weighted by atomic mass is 35.5. The summed E-state index contributed by atoms with van der Waals surface area (Å²) in [6.07, 6.45) is 1.57. The van der Waals surface area contributed by atoms with Gasteiger partial charge >= 0.3 is 0 Å². The van der Waals surface area contributed by atoms with Crippen molar-refractivity contribution < 1.29 is 9.59 Å². The van der Waals surface area contributed by atoms with Gasteiger partial charge in [-0.1, -0.05) is 59.6 Å².